The molecule has 31 heavy (non-hydrogen) atoms. The number of guanidine groups is 1. The van der Waals surface area contributed by atoms with Gasteiger partial charge >= 0.3 is 6.18 Å². The predicted molar refractivity (Wildman–Crippen MR) is 117 cm³/mol. The topological polar surface area (TPSA) is 60.0 Å². The smallest absolute Gasteiger partial charge is 0.356 e. The van der Waals surface area contributed by atoms with Crippen LogP contribution in [-0.4, -0.2) is 81.7 Å². The standard InChI is InChI=1S/C22H34F3N5O/c1-26-21(27-11-7-17-9-13-30(14-10-17)16-22(23,24)25)28-12-8-18-5-4-6-19(15-18)20(31)29(2)3/h4-6,15,17H,7-14,16H2,1-3H3,(H2,26,27,28). The molecule has 174 valence electrons. The van der Waals surface area contributed by atoms with Crippen LogP contribution < -0.4 is 10.6 Å². The second-order valence-electron chi connectivity index (χ2n) is 8.20. The van der Waals surface area contributed by atoms with Crippen molar-refractivity contribution in [3.05, 3.63) is 35.4 Å². The highest BCUT2D eigenvalue weighted by Crippen LogP contribution is 2.23. The second kappa shape index (κ2) is 11.9. The van der Waals surface area contributed by atoms with Gasteiger partial charge in [0.2, 0.25) is 0 Å². The van der Waals surface area contributed by atoms with Gasteiger partial charge in [0.15, 0.2) is 5.96 Å². The van der Waals surface area contributed by atoms with Gasteiger partial charge < -0.3 is 15.5 Å². The average Bonchev–Trinajstić information content (AvgIpc) is 2.72. The Hall–Kier alpha value is -2.29. The average molecular weight is 442 g/mol. The number of hydrogen-bond acceptors (Lipinski definition) is 3. The molecule has 1 aromatic carbocycles. The van der Waals surface area contributed by atoms with Crippen LogP contribution in [0.3, 0.4) is 0 Å². The van der Waals surface area contributed by atoms with Crippen LogP contribution in [0.2, 0.25) is 0 Å². The molecule has 0 saturated carbocycles. The summed E-state index contributed by atoms with van der Waals surface area (Å²) >= 11 is 0. The van der Waals surface area contributed by atoms with E-state index >= 15 is 0 Å². The van der Waals surface area contributed by atoms with E-state index in [1.807, 2.05) is 24.3 Å². The molecule has 1 heterocycles. The summed E-state index contributed by atoms with van der Waals surface area (Å²) in [6, 6.07) is 7.60. The summed E-state index contributed by atoms with van der Waals surface area (Å²) in [6.07, 6.45) is -0.852. The lowest BCUT2D eigenvalue weighted by Crippen LogP contribution is -2.42. The number of amides is 1. The molecule has 1 saturated heterocycles. The zero-order chi connectivity index (χ0) is 22.9. The van der Waals surface area contributed by atoms with E-state index in [1.54, 1.807) is 26.0 Å². The Balaban J connectivity index is 1.66. The zero-order valence-corrected chi connectivity index (χ0v) is 18.6. The van der Waals surface area contributed by atoms with Gasteiger partial charge in [-0.15, -0.1) is 0 Å². The SMILES string of the molecule is CN=C(NCCc1cccc(C(=O)N(C)C)c1)NCCC1CCN(CC(F)(F)F)CC1. The fraction of sp³-hybridized carbons (Fsp3) is 0.636. The Kier molecular flexibility index (Phi) is 9.61. The molecule has 1 amide bonds. The van der Waals surface area contributed by atoms with E-state index in [0.717, 1.165) is 37.8 Å². The van der Waals surface area contributed by atoms with E-state index in [4.69, 9.17) is 0 Å². The molecular formula is C22H34F3N5O. The zero-order valence-electron chi connectivity index (χ0n) is 18.6. The number of rotatable bonds is 8. The van der Waals surface area contributed by atoms with Gasteiger partial charge in [-0.2, -0.15) is 13.2 Å². The number of alkyl halides is 3. The van der Waals surface area contributed by atoms with Crippen molar-refractivity contribution in [3.63, 3.8) is 0 Å². The minimum absolute atomic E-state index is 0.0171. The summed E-state index contributed by atoms with van der Waals surface area (Å²) in [6.45, 7) is 1.62. The number of piperidine rings is 1. The lowest BCUT2D eigenvalue weighted by atomic mass is 9.93. The molecule has 0 aliphatic carbocycles. The number of likely N-dealkylation sites (tertiary alicyclic amines) is 1. The predicted octanol–water partition coefficient (Wildman–Crippen LogP) is 2.76. The molecule has 0 aromatic heterocycles. The second-order valence-corrected chi connectivity index (χ2v) is 8.20. The number of carbonyl (C=O) groups is 1. The number of hydrogen-bond donors (Lipinski definition) is 2. The summed E-state index contributed by atoms with van der Waals surface area (Å²) in [5, 5.41) is 6.55. The number of halogens is 3. The number of benzene rings is 1. The number of aliphatic imine (C=N–C) groups is 1. The molecule has 1 aromatic rings. The molecular weight excluding hydrogens is 407 g/mol. The number of nitrogens with one attached hydrogen (secondary N) is 2. The number of carbonyl (C=O) groups excluding carboxylic acids is 1. The van der Waals surface area contributed by atoms with Gasteiger partial charge in [0.1, 0.15) is 0 Å². The van der Waals surface area contributed by atoms with E-state index < -0.39 is 12.7 Å². The number of nitrogens with zero attached hydrogens (tertiary/aromatic N) is 3. The normalized spacial score (nSPS) is 16.3. The first-order chi connectivity index (χ1) is 14.7. The Morgan fingerprint density at radius 1 is 1.19 bits per heavy atom. The molecule has 0 spiro atoms. The van der Waals surface area contributed by atoms with Crippen LogP contribution in [-0.2, 0) is 6.42 Å². The van der Waals surface area contributed by atoms with Gasteiger partial charge in [0.25, 0.3) is 5.91 Å². The molecule has 2 rings (SSSR count). The van der Waals surface area contributed by atoms with E-state index in [9.17, 15) is 18.0 Å². The van der Waals surface area contributed by atoms with Crippen molar-refractivity contribution in [3.8, 4) is 0 Å². The van der Waals surface area contributed by atoms with Crippen molar-refractivity contribution in [1.82, 2.24) is 20.4 Å². The molecule has 1 fully saturated rings. The summed E-state index contributed by atoms with van der Waals surface area (Å²) in [7, 11) is 5.18. The lowest BCUT2D eigenvalue weighted by Gasteiger charge is -2.32. The fourth-order valence-corrected chi connectivity index (χ4v) is 3.75. The molecule has 0 radical (unpaired) electrons. The first kappa shape index (κ1) is 25.0. The fourth-order valence-electron chi connectivity index (χ4n) is 3.75. The van der Waals surface area contributed by atoms with Crippen molar-refractivity contribution in [2.45, 2.75) is 31.9 Å². The van der Waals surface area contributed by atoms with Crippen molar-refractivity contribution in [2.75, 3.05) is 53.9 Å². The van der Waals surface area contributed by atoms with Crippen LogP contribution in [0.15, 0.2) is 29.3 Å². The Morgan fingerprint density at radius 2 is 1.87 bits per heavy atom. The van der Waals surface area contributed by atoms with Crippen LogP contribution in [0, 0.1) is 5.92 Å². The third-order valence-corrected chi connectivity index (χ3v) is 5.46. The van der Waals surface area contributed by atoms with Gasteiger partial charge in [-0.05, 0) is 62.4 Å². The van der Waals surface area contributed by atoms with Gasteiger partial charge in [-0.3, -0.25) is 14.7 Å². The van der Waals surface area contributed by atoms with Crippen LogP contribution in [0.4, 0.5) is 13.2 Å². The minimum Gasteiger partial charge on any atom is -0.356 e. The van der Waals surface area contributed by atoms with Crippen molar-refractivity contribution >= 4 is 11.9 Å². The summed E-state index contributed by atoms with van der Waals surface area (Å²) < 4.78 is 37.4. The van der Waals surface area contributed by atoms with E-state index in [0.29, 0.717) is 37.1 Å². The van der Waals surface area contributed by atoms with Gasteiger partial charge in [0.05, 0.1) is 6.54 Å². The molecule has 0 unspecified atom stereocenters. The van der Waals surface area contributed by atoms with Crippen molar-refractivity contribution in [1.29, 1.82) is 0 Å². The summed E-state index contributed by atoms with van der Waals surface area (Å²) in [5.41, 5.74) is 1.74. The maximum absolute atomic E-state index is 12.5. The first-order valence-electron chi connectivity index (χ1n) is 10.7. The van der Waals surface area contributed by atoms with Crippen LogP contribution in [0.1, 0.15) is 35.2 Å². The third kappa shape index (κ3) is 9.16. The molecule has 1 aliphatic heterocycles. The van der Waals surface area contributed by atoms with E-state index in [2.05, 4.69) is 15.6 Å². The third-order valence-electron chi connectivity index (χ3n) is 5.46. The molecule has 0 atom stereocenters. The Bertz CT molecular complexity index is 728. The maximum Gasteiger partial charge on any atom is 0.401 e. The van der Waals surface area contributed by atoms with Crippen molar-refractivity contribution in [2.24, 2.45) is 10.9 Å². The lowest BCUT2D eigenvalue weighted by molar-refractivity contribution is -0.148. The summed E-state index contributed by atoms with van der Waals surface area (Å²) in [4.78, 5) is 19.4. The molecule has 9 heteroatoms. The monoisotopic (exact) mass is 441 g/mol. The quantitative estimate of drug-likeness (QED) is 0.481. The highest BCUT2D eigenvalue weighted by atomic mass is 19.4. The minimum atomic E-state index is -4.12. The summed E-state index contributed by atoms with van der Waals surface area (Å²) in [5.74, 6) is 1.12. The van der Waals surface area contributed by atoms with Gasteiger partial charge in [0, 0.05) is 39.8 Å². The highest BCUT2D eigenvalue weighted by molar-refractivity contribution is 5.94. The maximum atomic E-state index is 12.5. The van der Waals surface area contributed by atoms with Crippen LogP contribution >= 0.6 is 0 Å². The Labute approximate surface area is 182 Å². The van der Waals surface area contributed by atoms with E-state index in [1.165, 1.54) is 4.90 Å². The molecule has 2 N–H and O–H groups in total. The van der Waals surface area contributed by atoms with E-state index in [-0.39, 0.29) is 5.91 Å². The molecule has 6 nitrogen and oxygen atoms in total. The molecule has 1 aliphatic rings. The van der Waals surface area contributed by atoms with Crippen LogP contribution in [0.25, 0.3) is 0 Å². The van der Waals surface area contributed by atoms with Gasteiger partial charge in [-0.25, -0.2) is 0 Å². The highest BCUT2D eigenvalue weighted by Gasteiger charge is 2.32. The first-order valence-corrected chi connectivity index (χ1v) is 10.7. The largest absolute Gasteiger partial charge is 0.401 e. The molecule has 0 bridgehead atoms. The van der Waals surface area contributed by atoms with Crippen LogP contribution in [0.5, 0.6) is 0 Å². The Morgan fingerprint density at radius 3 is 2.48 bits per heavy atom. The van der Waals surface area contributed by atoms with Gasteiger partial charge in [-0.1, -0.05) is 12.1 Å². The van der Waals surface area contributed by atoms with Crippen molar-refractivity contribution < 1.29 is 18.0 Å².